The average molecular weight is 324 g/mol. The largest absolute Gasteiger partial charge is 0.459 e. The standard InChI is InChI=1S/C15H23F3O4/c1-4-6-8-12(7-5-2)22-14(20)10-9-13(19)21-11(3)15(16,17)18/h9-12H,4-8H2,1-3H3/b10-9+. The van der Waals surface area contributed by atoms with E-state index in [0.29, 0.717) is 19.4 Å². The monoisotopic (exact) mass is 324 g/mol. The van der Waals surface area contributed by atoms with Gasteiger partial charge in [-0.15, -0.1) is 0 Å². The van der Waals surface area contributed by atoms with Crippen LogP contribution < -0.4 is 0 Å². The summed E-state index contributed by atoms with van der Waals surface area (Å²) in [5.41, 5.74) is 0. The number of hydrogen-bond donors (Lipinski definition) is 0. The van der Waals surface area contributed by atoms with Crippen molar-refractivity contribution in [2.75, 3.05) is 0 Å². The van der Waals surface area contributed by atoms with Crippen molar-refractivity contribution in [2.24, 2.45) is 0 Å². The molecule has 0 heterocycles. The number of rotatable bonds is 9. The third kappa shape index (κ3) is 9.41. The zero-order valence-electron chi connectivity index (χ0n) is 13.1. The van der Waals surface area contributed by atoms with Gasteiger partial charge in [-0.3, -0.25) is 0 Å². The van der Waals surface area contributed by atoms with Crippen LogP contribution in [-0.2, 0) is 19.1 Å². The highest BCUT2D eigenvalue weighted by Crippen LogP contribution is 2.22. The molecule has 0 aliphatic carbocycles. The summed E-state index contributed by atoms with van der Waals surface area (Å²) in [6, 6.07) is 0. The summed E-state index contributed by atoms with van der Waals surface area (Å²) in [6.07, 6.45) is -1.51. The minimum Gasteiger partial charge on any atom is -0.459 e. The summed E-state index contributed by atoms with van der Waals surface area (Å²) in [5, 5.41) is 0. The van der Waals surface area contributed by atoms with Gasteiger partial charge < -0.3 is 9.47 Å². The molecule has 0 aromatic carbocycles. The van der Waals surface area contributed by atoms with E-state index < -0.39 is 24.2 Å². The molecule has 2 unspecified atom stereocenters. The molecular weight excluding hydrogens is 301 g/mol. The van der Waals surface area contributed by atoms with Crippen LogP contribution in [-0.4, -0.2) is 30.3 Å². The smallest absolute Gasteiger partial charge is 0.425 e. The molecule has 0 amide bonds. The molecule has 128 valence electrons. The van der Waals surface area contributed by atoms with Crippen molar-refractivity contribution in [3.05, 3.63) is 12.2 Å². The maximum atomic E-state index is 12.2. The van der Waals surface area contributed by atoms with Crippen molar-refractivity contribution >= 4 is 11.9 Å². The minimum absolute atomic E-state index is 0.243. The Bertz CT molecular complexity index is 377. The Kier molecular flexibility index (Phi) is 9.53. The molecule has 0 rings (SSSR count). The number of unbranched alkanes of at least 4 members (excludes halogenated alkanes) is 1. The molecule has 0 fully saturated rings. The Morgan fingerprint density at radius 1 is 1.00 bits per heavy atom. The molecule has 4 nitrogen and oxygen atoms in total. The summed E-state index contributed by atoms with van der Waals surface area (Å²) in [5.74, 6) is -1.99. The highest BCUT2D eigenvalue weighted by molar-refractivity contribution is 5.91. The van der Waals surface area contributed by atoms with Crippen molar-refractivity contribution in [2.45, 2.75) is 71.3 Å². The van der Waals surface area contributed by atoms with Crippen LogP contribution in [0.15, 0.2) is 12.2 Å². The lowest BCUT2D eigenvalue weighted by Gasteiger charge is -2.16. The third-order valence-corrected chi connectivity index (χ3v) is 2.88. The van der Waals surface area contributed by atoms with Crippen LogP contribution in [0.4, 0.5) is 13.2 Å². The SMILES string of the molecule is CCCCC(CCC)OC(=O)/C=C/C(=O)OC(C)C(F)(F)F. The Balaban J connectivity index is 4.35. The second-order valence-corrected chi connectivity index (χ2v) is 4.94. The van der Waals surface area contributed by atoms with Gasteiger partial charge in [0.05, 0.1) is 0 Å². The van der Waals surface area contributed by atoms with Crippen LogP contribution in [0, 0.1) is 0 Å². The highest BCUT2D eigenvalue weighted by Gasteiger charge is 2.38. The number of hydrogen-bond acceptors (Lipinski definition) is 4. The van der Waals surface area contributed by atoms with Gasteiger partial charge in [-0.2, -0.15) is 13.2 Å². The van der Waals surface area contributed by atoms with Crippen molar-refractivity contribution < 1.29 is 32.2 Å². The molecule has 0 radical (unpaired) electrons. The molecule has 7 heteroatoms. The van der Waals surface area contributed by atoms with E-state index in [0.717, 1.165) is 31.8 Å². The summed E-state index contributed by atoms with van der Waals surface area (Å²) in [4.78, 5) is 22.7. The lowest BCUT2D eigenvalue weighted by Crippen LogP contribution is -2.30. The van der Waals surface area contributed by atoms with Crippen LogP contribution in [0.1, 0.15) is 52.9 Å². The number of halogens is 3. The molecule has 0 saturated heterocycles. The summed E-state index contributed by atoms with van der Waals surface area (Å²) in [7, 11) is 0. The maximum absolute atomic E-state index is 12.2. The van der Waals surface area contributed by atoms with E-state index in [2.05, 4.69) is 4.74 Å². The lowest BCUT2D eigenvalue weighted by atomic mass is 10.1. The zero-order chi connectivity index (χ0) is 17.2. The summed E-state index contributed by atoms with van der Waals surface area (Å²) >= 11 is 0. The van der Waals surface area contributed by atoms with Crippen LogP contribution in [0.3, 0.4) is 0 Å². The normalized spacial score (nSPS) is 14.6. The van der Waals surface area contributed by atoms with Gasteiger partial charge in [-0.05, 0) is 19.8 Å². The number of carbonyl (C=O) groups excluding carboxylic acids is 2. The van der Waals surface area contributed by atoms with Crippen LogP contribution in [0.2, 0.25) is 0 Å². The van der Waals surface area contributed by atoms with Gasteiger partial charge in [-0.25, -0.2) is 9.59 Å². The molecule has 0 saturated carbocycles. The summed E-state index contributed by atoms with van der Waals surface area (Å²) in [6.45, 7) is 4.69. The maximum Gasteiger partial charge on any atom is 0.425 e. The van der Waals surface area contributed by atoms with Gasteiger partial charge >= 0.3 is 18.1 Å². The number of alkyl halides is 3. The van der Waals surface area contributed by atoms with E-state index in [4.69, 9.17) is 4.74 Å². The summed E-state index contributed by atoms with van der Waals surface area (Å²) < 4.78 is 45.9. The number of ether oxygens (including phenoxy) is 2. The molecule has 2 atom stereocenters. The van der Waals surface area contributed by atoms with Gasteiger partial charge in [0, 0.05) is 12.2 Å². The second-order valence-electron chi connectivity index (χ2n) is 4.94. The van der Waals surface area contributed by atoms with Crippen molar-refractivity contribution in [1.29, 1.82) is 0 Å². The quantitative estimate of drug-likeness (QED) is 0.476. The fraction of sp³-hybridized carbons (Fsp3) is 0.733. The Morgan fingerprint density at radius 2 is 1.55 bits per heavy atom. The third-order valence-electron chi connectivity index (χ3n) is 2.88. The number of esters is 2. The lowest BCUT2D eigenvalue weighted by molar-refractivity contribution is -0.213. The molecule has 0 spiro atoms. The second kappa shape index (κ2) is 10.2. The van der Waals surface area contributed by atoms with Gasteiger partial charge in [0.2, 0.25) is 0 Å². The topological polar surface area (TPSA) is 52.6 Å². The van der Waals surface area contributed by atoms with Crippen LogP contribution in [0.5, 0.6) is 0 Å². The van der Waals surface area contributed by atoms with E-state index in [1.165, 1.54) is 0 Å². The first-order valence-electron chi connectivity index (χ1n) is 7.36. The van der Waals surface area contributed by atoms with Gasteiger partial charge in [0.1, 0.15) is 6.10 Å². The van der Waals surface area contributed by atoms with Gasteiger partial charge in [0.25, 0.3) is 0 Å². The Labute approximate surface area is 128 Å². The van der Waals surface area contributed by atoms with Crippen LogP contribution in [0.25, 0.3) is 0 Å². The molecule has 0 aromatic rings. The molecule has 0 aromatic heterocycles. The molecule has 0 N–H and O–H groups in total. The van der Waals surface area contributed by atoms with Gasteiger partial charge in [0.15, 0.2) is 6.10 Å². The first-order chi connectivity index (χ1) is 10.2. The molecule has 0 bridgehead atoms. The molecular formula is C15H23F3O4. The highest BCUT2D eigenvalue weighted by atomic mass is 19.4. The van der Waals surface area contributed by atoms with Crippen molar-refractivity contribution in [3.63, 3.8) is 0 Å². The predicted octanol–water partition coefficient (Wildman–Crippen LogP) is 3.94. The first kappa shape index (κ1) is 20.5. The van der Waals surface area contributed by atoms with E-state index in [1.807, 2.05) is 13.8 Å². The Hall–Kier alpha value is -1.53. The Morgan fingerprint density at radius 3 is 2.00 bits per heavy atom. The van der Waals surface area contributed by atoms with E-state index in [1.54, 1.807) is 0 Å². The van der Waals surface area contributed by atoms with Crippen LogP contribution >= 0.6 is 0 Å². The molecule has 22 heavy (non-hydrogen) atoms. The molecule has 0 aliphatic rings. The zero-order valence-corrected chi connectivity index (χ0v) is 13.1. The molecule has 0 aliphatic heterocycles. The predicted molar refractivity (Wildman–Crippen MR) is 75.1 cm³/mol. The number of carbonyl (C=O) groups is 2. The van der Waals surface area contributed by atoms with E-state index in [-0.39, 0.29) is 6.10 Å². The van der Waals surface area contributed by atoms with Gasteiger partial charge in [-0.1, -0.05) is 33.1 Å². The fourth-order valence-electron chi connectivity index (χ4n) is 1.64. The van der Waals surface area contributed by atoms with Crippen molar-refractivity contribution in [3.8, 4) is 0 Å². The van der Waals surface area contributed by atoms with E-state index >= 15 is 0 Å². The van der Waals surface area contributed by atoms with Crippen molar-refractivity contribution in [1.82, 2.24) is 0 Å². The first-order valence-corrected chi connectivity index (χ1v) is 7.36. The fourth-order valence-corrected chi connectivity index (χ4v) is 1.64. The minimum atomic E-state index is -4.63. The average Bonchev–Trinajstić information content (AvgIpc) is 2.41. The van der Waals surface area contributed by atoms with E-state index in [9.17, 15) is 22.8 Å².